The van der Waals surface area contributed by atoms with Crippen LogP contribution in [0.3, 0.4) is 0 Å². The van der Waals surface area contributed by atoms with Gasteiger partial charge in [-0.2, -0.15) is 5.26 Å². The monoisotopic (exact) mass is 207 g/mol. The molecule has 0 atom stereocenters. The summed E-state index contributed by atoms with van der Waals surface area (Å²) in [7, 11) is 0. The van der Waals surface area contributed by atoms with Gasteiger partial charge < -0.3 is 10.2 Å². The van der Waals surface area contributed by atoms with Crippen molar-refractivity contribution in [3.05, 3.63) is 35.7 Å². The van der Waals surface area contributed by atoms with Crippen molar-refractivity contribution in [2.24, 2.45) is 0 Å². The number of aromatic hydroxyl groups is 1. The van der Waals surface area contributed by atoms with E-state index in [2.05, 4.69) is 0 Å². The van der Waals surface area contributed by atoms with Crippen molar-refractivity contribution < 1.29 is 19.4 Å². The predicted molar refractivity (Wildman–Crippen MR) is 49.3 cm³/mol. The van der Waals surface area contributed by atoms with Crippen LogP contribution in [0.5, 0.6) is 5.75 Å². The van der Waals surface area contributed by atoms with E-state index in [0.29, 0.717) is 6.08 Å². The van der Waals surface area contributed by atoms with Gasteiger partial charge in [-0.1, -0.05) is 0 Å². The number of phenols is 1. The molecule has 0 aliphatic rings. The van der Waals surface area contributed by atoms with Crippen LogP contribution in [0.4, 0.5) is 4.39 Å². The molecule has 0 aromatic heterocycles. The zero-order valence-corrected chi connectivity index (χ0v) is 7.44. The Kier molecular flexibility index (Phi) is 3.03. The number of nitriles is 1. The third-order valence-electron chi connectivity index (χ3n) is 1.63. The van der Waals surface area contributed by atoms with Gasteiger partial charge in [-0.3, -0.25) is 0 Å². The Morgan fingerprint density at radius 2 is 2.20 bits per heavy atom. The van der Waals surface area contributed by atoms with E-state index in [1.807, 2.05) is 0 Å². The van der Waals surface area contributed by atoms with E-state index in [0.717, 1.165) is 12.1 Å². The lowest BCUT2D eigenvalue weighted by Gasteiger charge is -2.00. The Morgan fingerprint density at radius 1 is 1.53 bits per heavy atom. The average molecular weight is 207 g/mol. The van der Waals surface area contributed by atoms with Gasteiger partial charge in [0, 0.05) is 17.7 Å². The molecule has 0 bridgehead atoms. The van der Waals surface area contributed by atoms with E-state index in [9.17, 15) is 9.18 Å². The maximum atomic E-state index is 13.2. The first-order valence-electron chi connectivity index (χ1n) is 3.88. The number of carbonyl (C=O) groups is 1. The van der Waals surface area contributed by atoms with Crippen LogP contribution in [0.15, 0.2) is 24.3 Å². The van der Waals surface area contributed by atoms with Crippen LogP contribution < -0.4 is 0 Å². The summed E-state index contributed by atoms with van der Waals surface area (Å²) >= 11 is 0. The molecule has 1 aromatic rings. The van der Waals surface area contributed by atoms with Crippen molar-refractivity contribution in [3.63, 3.8) is 0 Å². The molecule has 1 aromatic carbocycles. The maximum Gasteiger partial charge on any atom is 0.329 e. The van der Waals surface area contributed by atoms with Crippen LogP contribution >= 0.6 is 0 Å². The number of benzene rings is 1. The Balaban J connectivity index is 3.27. The number of carboxylic acids is 1. The standard InChI is InChI=1S/C10H6FNO3/c11-9-4-7(13)1-2-8(9)6(5-12)3-10(14)15/h1-4,13H,(H,14,15). The number of carboxylic acid groups (broad SMARTS) is 1. The molecule has 2 N–H and O–H groups in total. The Labute approximate surface area is 84.5 Å². The minimum Gasteiger partial charge on any atom is -0.508 e. The van der Waals surface area contributed by atoms with Gasteiger partial charge in [-0.05, 0) is 12.1 Å². The van der Waals surface area contributed by atoms with Gasteiger partial charge in [-0.25, -0.2) is 9.18 Å². The molecule has 0 heterocycles. The van der Waals surface area contributed by atoms with Crippen molar-refractivity contribution in [1.82, 2.24) is 0 Å². The van der Waals surface area contributed by atoms with Crippen LogP contribution in [-0.2, 0) is 4.79 Å². The van der Waals surface area contributed by atoms with Crippen LogP contribution in [0, 0.1) is 17.1 Å². The number of nitrogens with zero attached hydrogens (tertiary/aromatic N) is 1. The topological polar surface area (TPSA) is 81.3 Å². The van der Waals surface area contributed by atoms with Crippen molar-refractivity contribution in [2.45, 2.75) is 0 Å². The Bertz CT molecular complexity index is 474. The highest BCUT2D eigenvalue weighted by Crippen LogP contribution is 2.21. The van der Waals surface area contributed by atoms with E-state index < -0.39 is 11.8 Å². The largest absolute Gasteiger partial charge is 0.508 e. The van der Waals surface area contributed by atoms with Gasteiger partial charge in [0.25, 0.3) is 0 Å². The van der Waals surface area contributed by atoms with Crippen LogP contribution in [0.1, 0.15) is 5.56 Å². The smallest absolute Gasteiger partial charge is 0.329 e. The third kappa shape index (κ3) is 2.54. The van der Waals surface area contributed by atoms with Crippen molar-refractivity contribution in [3.8, 4) is 11.8 Å². The molecule has 0 spiro atoms. The Morgan fingerprint density at radius 3 is 2.67 bits per heavy atom. The van der Waals surface area contributed by atoms with Gasteiger partial charge in [0.05, 0.1) is 5.57 Å². The second-order valence-electron chi connectivity index (χ2n) is 2.67. The third-order valence-corrected chi connectivity index (χ3v) is 1.63. The fourth-order valence-corrected chi connectivity index (χ4v) is 1.02. The predicted octanol–water partition coefficient (Wildman–Crippen LogP) is 1.52. The quantitative estimate of drug-likeness (QED) is 0.569. The SMILES string of the molecule is N#CC(=CC(=O)O)c1ccc(O)cc1F. The molecule has 0 aliphatic heterocycles. The molecule has 5 heteroatoms. The van der Waals surface area contributed by atoms with Gasteiger partial charge in [0.1, 0.15) is 17.6 Å². The number of aliphatic carboxylic acids is 1. The molecule has 0 amide bonds. The van der Waals surface area contributed by atoms with E-state index >= 15 is 0 Å². The minimum atomic E-state index is -1.33. The number of hydrogen-bond acceptors (Lipinski definition) is 3. The first-order chi connectivity index (χ1) is 7.04. The van der Waals surface area contributed by atoms with E-state index in [1.54, 1.807) is 6.07 Å². The van der Waals surface area contributed by atoms with Crippen molar-refractivity contribution in [2.75, 3.05) is 0 Å². The first kappa shape index (κ1) is 10.7. The summed E-state index contributed by atoms with van der Waals surface area (Å²) in [6.45, 7) is 0. The minimum absolute atomic E-state index is 0.155. The number of phenolic OH excluding ortho intramolecular Hbond substituents is 1. The maximum absolute atomic E-state index is 13.2. The summed E-state index contributed by atoms with van der Waals surface area (Å²) in [6, 6.07) is 4.69. The molecule has 0 fully saturated rings. The summed E-state index contributed by atoms with van der Waals surface area (Å²) in [5.41, 5.74) is -0.460. The fourth-order valence-electron chi connectivity index (χ4n) is 1.02. The Hall–Kier alpha value is -2.35. The fraction of sp³-hybridized carbons (Fsp3) is 0. The molecule has 0 saturated heterocycles. The molecule has 0 radical (unpaired) electrons. The summed E-state index contributed by atoms with van der Waals surface area (Å²) in [6.07, 6.45) is 0.607. The van der Waals surface area contributed by atoms with Crippen molar-refractivity contribution >= 4 is 11.5 Å². The van der Waals surface area contributed by atoms with Gasteiger partial charge in [0.15, 0.2) is 0 Å². The molecule has 0 unspecified atom stereocenters. The van der Waals surface area contributed by atoms with E-state index in [1.165, 1.54) is 6.07 Å². The molecular formula is C10H6FNO3. The van der Waals surface area contributed by atoms with Crippen LogP contribution in [-0.4, -0.2) is 16.2 Å². The van der Waals surface area contributed by atoms with Gasteiger partial charge in [-0.15, -0.1) is 0 Å². The van der Waals surface area contributed by atoms with Gasteiger partial charge in [0.2, 0.25) is 0 Å². The number of rotatable bonds is 2. The number of halogens is 1. The second-order valence-corrected chi connectivity index (χ2v) is 2.67. The highest BCUT2D eigenvalue weighted by Gasteiger charge is 2.09. The second kappa shape index (κ2) is 4.24. The van der Waals surface area contributed by atoms with Crippen LogP contribution in [0.2, 0.25) is 0 Å². The molecule has 0 aliphatic carbocycles. The molecular weight excluding hydrogens is 201 g/mol. The lowest BCUT2D eigenvalue weighted by Crippen LogP contribution is -1.93. The molecule has 4 nitrogen and oxygen atoms in total. The molecule has 76 valence electrons. The van der Waals surface area contributed by atoms with Crippen LogP contribution in [0.25, 0.3) is 5.57 Å². The highest BCUT2D eigenvalue weighted by atomic mass is 19.1. The molecule has 15 heavy (non-hydrogen) atoms. The summed E-state index contributed by atoms with van der Waals surface area (Å²) in [4.78, 5) is 10.3. The highest BCUT2D eigenvalue weighted by molar-refractivity contribution is 5.94. The summed E-state index contributed by atoms with van der Waals surface area (Å²) < 4.78 is 13.2. The van der Waals surface area contributed by atoms with Crippen molar-refractivity contribution in [1.29, 1.82) is 5.26 Å². The molecule has 0 saturated carbocycles. The lowest BCUT2D eigenvalue weighted by molar-refractivity contribution is -0.131. The zero-order valence-electron chi connectivity index (χ0n) is 7.44. The zero-order chi connectivity index (χ0) is 11.4. The number of hydrogen-bond donors (Lipinski definition) is 2. The molecule has 1 rings (SSSR count). The van der Waals surface area contributed by atoms with E-state index in [-0.39, 0.29) is 16.9 Å². The summed E-state index contributed by atoms with van der Waals surface area (Å²) in [5.74, 6) is -2.47. The number of allylic oxidation sites excluding steroid dienone is 1. The lowest BCUT2D eigenvalue weighted by atomic mass is 10.1. The summed E-state index contributed by atoms with van der Waals surface area (Å²) in [5, 5.41) is 25.9. The first-order valence-corrected chi connectivity index (χ1v) is 3.88. The normalized spacial score (nSPS) is 10.8. The van der Waals surface area contributed by atoms with Gasteiger partial charge >= 0.3 is 5.97 Å². The van der Waals surface area contributed by atoms with E-state index in [4.69, 9.17) is 15.5 Å². The average Bonchev–Trinajstić information content (AvgIpc) is 2.14.